The van der Waals surface area contributed by atoms with E-state index in [2.05, 4.69) is 76.2 Å². The third-order valence-electron chi connectivity index (χ3n) is 7.96. The zero-order chi connectivity index (χ0) is 27.2. The number of hydrogen-bond donors (Lipinski definition) is 0. The Morgan fingerprint density at radius 2 is 0.902 bits per heavy atom. The van der Waals surface area contributed by atoms with Crippen LogP contribution in [0.3, 0.4) is 0 Å². The van der Waals surface area contributed by atoms with Crippen LogP contribution in [0.5, 0.6) is 0 Å². The first kappa shape index (κ1) is 39.0. The maximum absolute atomic E-state index is 11.9. The Labute approximate surface area is 264 Å². The van der Waals surface area contributed by atoms with Gasteiger partial charge in [0.25, 0.3) is 0 Å². The molecule has 0 amide bonds. The van der Waals surface area contributed by atoms with Crippen LogP contribution in [0, 0.1) is 14.9 Å². The minimum absolute atomic E-state index is 0. The minimum atomic E-state index is 0. The van der Waals surface area contributed by atoms with Crippen LogP contribution in [-0.4, -0.2) is 4.70 Å². The van der Waals surface area contributed by atoms with E-state index in [0.29, 0.717) is 0 Å². The molecule has 1 aliphatic heterocycles. The Hall–Kier alpha value is -1.99. The van der Waals surface area contributed by atoms with Crippen molar-refractivity contribution in [2.75, 3.05) is 0 Å². The molecule has 3 heteroatoms. The second-order valence-electron chi connectivity index (χ2n) is 11.2. The Bertz CT molecular complexity index is 1090. The molecule has 0 saturated carbocycles. The summed E-state index contributed by atoms with van der Waals surface area (Å²) in [6.45, 7) is 9.07. The number of nitrogens with zero attached hydrogens (tertiary/aromatic N) is 2. The molecule has 1 heterocycles. The van der Waals surface area contributed by atoms with Gasteiger partial charge < -0.3 is 20.4 Å². The van der Waals surface area contributed by atoms with Crippen LogP contribution in [0.2, 0.25) is 0 Å². The second kappa shape index (κ2) is 21.7. The molecule has 0 N–H and O–H groups in total. The molecule has 0 unspecified atom stereocenters. The van der Waals surface area contributed by atoms with E-state index in [4.69, 9.17) is 0 Å². The van der Waals surface area contributed by atoms with Gasteiger partial charge >= 0.3 is 16.5 Å². The van der Waals surface area contributed by atoms with Crippen molar-refractivity contribution >= 4 is 11.4 Å². The van der Waals surface area contributed by atoms with E-state index in [0.717, 1.165) is 61.0 Å². The van der Waals surface area contributed by atoms with Crippen molar-refractivity contribution in [2.45, 2.75) is 130 Å². The quantitative estimate of drug-likeness (QED) is 0.0703. The van der Waals surface area contributed by atoms with Crippen molar-refractivity contribution in [3.05, 3.63) is 102 Å². The first-order valence-corrected chi connectivity index (χ1v) is 15.8. The van der Waals surface area contributed by atoms with Gasteiger partial charge in [-0.1, -0.05) is 103 Å². The van der Waals surface area contributed by atoms with Crippen LogP contribution in [-0.2, 0) is 29.3 Å². The van der Waals surface area contributed by atoms with Gasteiger partial charge in [0.2, 0.25) is 11.4 Å². The van der Waals surface area contributed by atoms with Crippen molar-refractivity contribution in [3.8, 4) is 0 Å². The molecule has 0 spiro atoms. The average Bonchev–Trinajstić information content (AvgIpc) is 3.21. The fourth-order valence-electron chi connectivity index (χ4n) is 5.77. The van der Waals surface area contributed by atoms with Crippen LogP contribution in [0.25, 0.3) is 16.9 Å². The molecule has 2 nitrogen and oxygen atoms in total. The molecular weight excluding hydrogens is 543 g/mol. The van der Waals surface area contributed by atoms with E-state index in [-0.39, 0.29) is 31.3 Å². The summed E-state index contributed by atoms with van der Waals surface area (Å²) in [4.78, 5) is 0. The number of hydrogen-bond acceptors (Lipinski definition) is 0. The topological polar surface area (TPSA) is 25.3 Å². The van der Waals surface area contributed by atoms with E-state index in [1.54, 1.807) is 4.70 Å². The molecule has 0 aromatic heterocycles. The number of benzene rings is 2. The normalized spacial score (nSPS) is 12.7. The molecule has 0 radical (unpaired) electrons. The second-order valence-corrected chi connectivity index (χ2v) is 11.2. The van der Waals surface area contributed by atoms with Gasteiger partial charge in [0.15, 0.2) is 0 Å². The van der Waals surface area contributed by atoms with E-state index < -0.39 is 0 Å². The van der Waals surface area contributed by atoms with Crippen LogP contribution in [0.4, 0.5) is 0 Å². The monoisotopic (exact) mass is 600 g/mol. The summed E-state index contributed by atoms with van der Waals surface area (Å²) >= 11 is 0. The van der Waals surface area contributed by atoms with Crippen molar-refractivity contribution < 1.29 is 21.2 Å². The predicted molar refractivity (Wildman–Crippen MR) is 178 cm³/mol. The minimum Gasteiger partial charge on any atom is -0.493 e. The van der Waals surface area contributed by atoms with E-state index in [9.17, 15) is 5.53 Å². The van der Waals surface area contributed by atoms with Crippen molar-refractivity contribution in [1.29, 1.82) is 0 Å². The summed E-state index contributed by atoms with van der Waals surface area (Å²) in [5.41, 5.74) is 21.8. The summed E-state index contributed by atoms with van der Waals surface area (Å²) in [5.74, 6) is 0. The van der Waals surface area contributed by atoms with Crippen molar-refractivity contribution in [3.63, 3.8) is 0 Å². The van der Waals surface area contributed by atoms with E-state index in [1.807, 2.05) is 0 Å². The van der Waals surface area contributed by atoms with Gasteiger partial charge in [0.05, 0.1) is 0 Å². The van der Waals surface area contributed by atoms with E-state index >= 15 is 0 Å². The predicted octanol–water partition coefficient (Wildman–Crippen LogP) is 12.4. The Balaban J connectivity index is 0.00000533. The van der Waals surface area contributed by atoms with Crippen LogP contribution >= 0.6 is 0 Å². The standard InChI is InChI=1S/C36H52N2.2CH3.Ni/c1-5-9-13-16-26-34-33(25-12-8-4)35(31-23-17-21-29(27-31)19-14-10-6-2)38(37)36(34)32-24-18-22-30(28-32)20-15-11-7-3;;;/h17-18,21-24,27-28H,5-16,19-20,25-26H2,1-4H3;2*1H3;/q;2*-1;+2. The molecule has 0 bridgehead atoms. The van der Waals surface area contributed by atoms with Crippen LogP contribution < -0.4 is 0 Å². The zero-order valence-corrected chi connectivity index (χ0v) is 28.1. The Kier molecular flexibility index (Phi) is 20.6. The van der Waals surface area contributed by atoms with Gasteiger partial charge in [0, 0.05) is 22.3 Å². The Morgan fingerprint density at radius 1 is 0.512 bits per heavy atom. The molecule has 0 atom stereocenters. The molecule has 41 heavy (non-hydrogen) atoms. The third kappa shape index (κ3) is 11.3. The summed E-state index contributed by atoms with van der Waals surface area (Å²) in [6.07, 6.45) is 19.0. The van der Waals surface area contributed by atoms with Gasteiger partial charge in [-0.3, -0.25) is 0 Å². The van der Waals surface area contributed by atoms with E-state index in [1.165, 1.54) is 86.5 Å². The maximum Gasteiger partial charge on any atom is 2.00 e. The van der Waals surface area contributed by atoms with Gasteiger partial charge in [-0.2, -0.15) is 0 Å². The molecule has 1 aliphatic rings. The SMILES string of the molecule is CCCCCCC1=C(c2cccc(CCCCC)c2)[N+](=[N-])C(c2cccc(CCCCC)c2)=C1CCCC.[CH3-].[CH3-].[Ni+2]. The smallest absolute Gasteiger partial charge is 0.493 e. The first-order chi connectivity index (χ1) is 18.6. The van der Waals surface area contributed by atoms with Gasteiger partial charge in [-0.05, 0) is 86.8 Å². The number of aryl methyl sites for hydroxylation is 2. The molecule has 0 saturated heterocycles. The third-order valence-corrected chi connectivity index (χ3v) is 7.96. The van der Waals surface area contributed by atoms with Crippen LogP contribution in [0.1, 0.15) is 140 Å². The van der Waals surface area contributed by atoms with Crippen molar-refractivity contribution in [2.24, 2.45) is 0 Å². The molecular formula is C38H58N2Ni. The summed E-state index contributed by atoms with van der Waals surface area (Å²) < 4.78 is 1.57. The number of rotatable bonds is 18. The molecule has 0 aliphatic carbocycles. The maximum atomic E-state index is 11.9. The summed E-state index contributed by atoms with van der Waals surface area (Å²) in [6, 6.07) is 17.9. The molecule has 3 rings (SSSR count). The molecule has 230 valence electrons. The fraction of sp³-hybridized carbons (Fsp3) is 0.526. The zero-order valence-electron chi connectivity index (χ0n) is 27.1. The van der Waals surface area contributed by atoms with Gasteiger partial charge in [-0.25, -0.2) is 4.70 Å². The average molecular weight is 602 g/mol. The molecule has 0 fully saturated rings. The number of unbranched alkanes of at least 4 members (excludes halogenated alkanes) is 8. The fourth-order valence-corrected chi connectivity index (χ4v) is 5.77. The van der Waals surface area contributed by atoms with Gasteiger partial charge in [0.1, 0.15) is 0 Å². The first-order valence-electron chi connectivity index (χ1n) is 15.8. The molecule has 2 aromatic carbocycles. The Morgan fingerprint density at radius 3 is 1.34 bits per heavy atom. The number of allylic oxidation sites excluding steroid dienone is 2. The summed E-state index contributed by atoms with van der Waals surface area (Å²) in [7, 11) is 0. The largest absolute Gasteiger partial charge is 2.00 e. The molecule has 2 aromatic rings. The van der Waals surface area contributed by atoms with Gasteiger partial charge in [-0.15, -0.1) is 0 Å². The van der Waals surface area contributed by atoms with Crippen LogP contribution in [0.15, 0.2) is 59.7 Å². The summed E-state index contributed by atoms with van der Waals surface area (Å²) in [5, 5.41) is 0. The van der Waals surface area contributed by atoms with Crippen molar-refractivity contribution in [1.82, 2.24) is 0 Å².